The maximum atomic E-state index is 12.8. The third-order valence-corrected chi connectivity index (χ3v) is 5.45. The summed E-state index contributed by atoms with van der Waals surface area (Å²) in [6, 6.07) is 12.1. The summed E-state index contributed by atoms with van der Waals surface area (Å²) in [5.41, 5.74) is 1.04. The predicted molar refractivity (Wildman–Crippen MR) is 120 cm³/mol. The highest BCUT2D eigenvalue weighted by Gasteiger charge is 2.20. The number of benzene rings is 2. The van der Waals surface area contributed by atoms with E-state index < -0.39 is 11.9 Å². The lowest BCUT2D eigenvalue weighted by molar-refractivity contribution is -0.131. The van der Waals surface area contributed by atoms with Gasteiger partial charge in [-0.25, -0.2) is 4.79 Å². The number of aliphatic carboxylic acids is 1. The van der Waals surface area contributed by atoms with Crippen molar-refractivity contribution in [3.8, 4) is 11.5 Å². The molecule has 8 nitrogen and oxygen atoms in total. The van der Waals surface area contributed by atoms with Crippen LogP contribution in [0.25, 0.3) is 0 Å². The van der Waals surface area contributed by atoms with E-state index in [0.29, 0.717) is 29.3 Å². The molecule has 3 N–H and O–H groups in total. The number of carbonyl (C=O) groups is 3. The average molecular weight is 445 g/mol. The second-order valence-corrected chi connectivity index (χ2v) is 7.54. The van der Waals surface area contributed by atoms with Gasteiger partial charge in [0.15, 0.2) is 0 Å². The maximum absolute atomic E-state index is 12.8. The van der Waals surface area contributed by atoms with Crippen molar-refractivity contribution >= 4 is 40.9 Å². The van der Waals surface area contributed by atoms with Crippen molar-refractivity contribution in [1.29, 1.82) is 0 Å². The summed E-state index contributed by atoms with van der Waals surface area (Å²) in [4.78, 5) is 35.9. The first-order valence-corrected chi connectivity index (χ1v) is 10.3. The van der Waals surface area contributed by atoms with E-state index in [2.05, 4.69) is 10.6 Å². The second kappa shape index (κ2) is 11.7. The van der Waals surface area contributed by atoms with Gasteiger partial charge >= 0.3 is 5.97 Å². The SMILES string of the molecule is CCC(Sc1cccc(NC(=O)/C=C/C(=O)O)c1)C(=O)Nc1ccc(OC)cc1OC. The molecule has 0 bridgehead atoms. The summed E-state index contributed by atoms with van der Waals surface area (Å²) in [6.07, 6.45) is 2.28. The molecule has 0 fully saturated rings. The van der Waals surface area contributed by atoms with Gasteiger partial charge in [-0.15, -0.1) is 11.8 Å². The van der Waals surface area contributed by atoms with Crippen molar-refractivity contribution in [2.75, 3.05) is 24.9 Å². The Bertz CT molecular complexity index is 976. The minimum absolute atomic E-state index is 0.185. The molecule has 0 saturated heterocycles. The van der Waals surface area contributed by atoms with Crippen LogP contribution in [0.4, 0.5) is 11.4 Å². The van der Waals surface area contributed by atoms with Crippen LogP contribution in [0.3, 0.4) is 0 Å². The number of hydrogen-bond donors (Lipinski definition) is 3. The Morgan fingerprint density at radius 1 is 1.06 bits per heavy atom. The fourth-order valence-corrected chi connectivity index (χ4v) is 3.59. The van der Waals surface area contributed by atoms with Gasteiger partial charge < -0.3 is 25.2 Å². The van der Waals surface area contributed by atoms with Crippen LogP contribution in [0.5, 0.6) is 11.5 Å². The quantitative estimate of drug-likeness (QED) is 0.377. The third kappa shape index (κ3) is 7.38. The molecule has 1 unspecified atom stereocenters. The van der Waals surface area contributed by atoms with E-state index in [9.17, 15) is 14.4 Å². The summed E-state index contributed by atoms with van der Waals surface area (Å²) >= 11 is 1.36. The molecular formula is C22H24N2O6S. The highest BCUT2D eigenvalue weighted by molar-refractivity contribution is 8.00. The Kier molecular flexibility index (Phi) is 8.95. The number of carboxylic acids is 1. The first-order chi connectivity index (χ1) is 14.9. The molecule has 0 aromatic heterocycles. The molecule has 0 heterocycles. The summed E-state index contributed by atoms with van der Waals surface area (Å²) < 4.78 is 10.5. The number of carbonyl (C=O) groups excluding carboxylic acids is 2. The van der Waals surface area contributed by atoms with Crippen LogP contribution >= 0.6 is 11.8 Å². The zero-order valence-corrected chi connectivity index (χ0v) is 18.2. The van der Waals surface area contributed by atoms with Crippen LogP contribution in [0, 0.1) is 0 Å². The molecule has 31 heavy (non-hydrogen) atoms. The molecule has 0 aliphatic carbocycles. The highest BCUT2D eigenvalue weighted by Crippen LogP contribution is 2.32. The van der Waals surface area contributed by atoms with E-state index >= 15 is 0 Å². The lowest BCUT2D eigenvalue weighted by Crippen LogP contribution is -2.24. The molecule has 164 valence electrons. The van der Waals surface area contributed by atoms with Gasteiger partial charge in [0.2, 0.25) is 11.8 Å². The van der Waals surface area contributed by atoms with Gasteiger partial charge in [-0.05, 0) is 36.8 Å². The van der Waals surface area contributed by atoms with Crippen molar-refractivity contribution < 1.29 is 29.0 Å². The van der Waals surface area contributed by atoms with Gasteiger partial charge in [-0.3, -0.25) is 9.59 Å². The lowest BCUT2D eigenvalue weighted by Gasteiger charge is -2.17. The zero-order chi connectivity index (χ0) is 22.8. The van der Waals surface area contributed by atoms with Crippen molar-refractivity contribution in [3.05, 3.63) is 54.6 Å². The van der Waals surface area contributed by atoms with E-state index in [1.165, 1.54) is 18.9 Å². The van der Waals surface area contributed by atoms with Gasteiger partial charge in [0.05, 0.1) is 25.2 Å². The molecular weight excluding hydrogens is 420 g/mol. The first-order valence-electron chi connectivity index (χ1n) is 9.37. The van der Waals surface area contributed by atoms with Crippen LogP contribution < -0.4 is 20.1 Å². The molecule has 2 aromatic carbocycles. The molecule has 0 saturated carbocycles. The molecule has 0 aliphatic heterocycles. The minimum atomic E-state index is -1.20. The fraction of sp³-hybridized carbons (Fsp3) is 0.227. The third-order valence-electron chi connectivity index (χ3n) is 4.09. The van der Waals surface area contributed by atoms with Crippen LogP contribution in [0.2, 0.25) is 0 Å². The number of hydrogen-bond acceptors (Lipinski definition) is 6. The summed E-state index contributed by atoms with van der Waals surface area (Å²) in [6.45, 7) is 1.91. The summed E-state index contributed by atoms with van der Waals surface area (Å²) in [7, 11) is 3.07. The molecule has 2 amide bonds. The Hall–Kier alpha value is -3.46. The molecule has 2 rings (SSSR count). The second-order valence-electron chi connectivity index (χ2n) is 6.26. The number of methoxy groups -OCH3 is 2. The van der Waals surface area contributed by atoms with Gasteiger partial charge in [-0.2, -0.15) is 0 Å². The number of nitrogens with one attached hydrogen (secondary N) is 2. The van der Waals surface area contributed by atoms with Crippen LogP contribution in [-0.2, 0) is 14.4 Å². The van der Waals surface area contributed by atoms with Gasteiger partial charge in [0, 0.05) is 28.8 Å². The summed E-state index contributed by atoms with van der Waals surface area (Å²) in [5, 5.41) is 13.7. The van der Waals surface area contributed by atoms with E-state index in [1.807, 2.05) is 13.0 Å². The number of carboxylic acid groups (broad SMARTS) is 1. The Labute approximate surface area is 184 Å². The number of thioether (sulfide) groups is 1. The Morgan fingerprint density at radius 3 is 2.48 bits per heavy atom. The minimum Gasteiger partial charge on any atom is -0.497 e. The van der Waals surface area contributed by atoms with Crippen LogP contribution in [0.15, 0.2) is 59.5 Å². The molecule has 9 heteroatoms. The predicted octanol–water partition coefficient (Wildman–Crippen LogP) is 3.79. The van der Waals surface area contributed by atoms with E-state index in [4.69, 9.17) is 14.6 Å². The normalized spacial score (nSPS) is 11.6. The van der Waals surface area contributed by atoms with Crippen molar-refractivity contribution in [2.45, 2.75) is 23.5 Å². The van der Waals surface area contributed by atoms with Gasteiger partial charge in [0.1, 0.15) is 11.5 Å². The molecule has 1 atom stereocenters. The monoisotopic (exact) mass is 444 g/mol. The first kappa shape index (κ1) is 23.8. The molecule has 0 aliphatic rings. The van der Waals surface area contributed by atoms with Crippen LogP contribution in [-0.4, -0.2) is 42.4 Å². The zero-order valence-electron chi connectivity index (χ0n) is 17.4. The van der Waals surface area contributed by atoms with E-state index in [1.54, 1.807) is 43.5 Å². The highest BCUT2D eigenvalue weighted by atomic mass is 32.2. The topological polar surface area (TPSA) is 114 Å². The number of anilines is 2. The lowest BCUT2D eigenvalue weighted by atomic mass is 10.2. The number of ether oxygens (including phenoxy) is 2. The summed E-state index contributed by atoms with van der Waals surface area (Å²) in [5.74, 6) is -0.833. The van der Waals surface area contributed by atoms with Gasteiger partial charge in [-0.1, -0.05) is 13.0 Å². The molecule has 2 aromatic rings. The maximum Gasteiger partial charge on any atom is 0.328 e. The average Bonchev–Trinajstić information content (AvgIpc) is 2.76. The van der Waals surface area contributed by atoms with Gasteiger partial charge in [0.25, 0.3) is 0 Å². The standard InChI is InChI=1S/C22H24N2O6S/c1-4-19(22(28)24-17-9-8-15(29-2)13-18(17)30-3)31-16-7-5-6-14(12-16)23-20(25)10-11-21(26)27/h5-13,19H,4H2,1-3H3,(H,23,25)(H,24,28)(H,26,27)/b11-10+. The van der Waals surface area contributed by atoms with Crippen molar-refractivity contribution in [3.63, 3.8) is 0 Å². The van der Waals surface area contributed by atoms with Crippen molar-refractivity contribution in [2.24, 2.45) is 0 Å². The largest absolute Gasteiger partial charge is 0.497 e. The Morgan fingerprint density at radius 2 is 1.84 bits per heavy atom. The number of amides is 2. The van der Waals surface area contributed by atoms with Crippen molar-refractivity contribution in [1.82, 2.24) is 0 Å². The van der Waals surface area contributed by atoms with E-state index in [-0.39, 0.29) is 11.2 Å². The fourth-order valence-electron chi connectivity index (χ4n) is 2.58. The molecule has 0 spiro atoms. The smallest absolute Gasteiger partial charge is 0.328 e. The number of rotatable bonds is 10. The Balaban J connectivity index is 2.08. The van der Waals surface area contributed by atoms with Crippen LogP contribution in [0.1, 0.15) is 13.3 Å². The van der Waals surface area contributed by atoms with E-state index in [0.717, 1.165) is 17.0 Å². The molecule has 0 radical (unpaired) electrons.